The van der Waals surface area contributed by atoms with Crippen molar-refractivity contribution in [2.24, 2.45) is 4.99 Å². The van der Waals surface area contributed by atoms with Gasteiger partial charge in [0.2, 0.25) is 0 Å². The fourth-order valence-electron chi connectivity index (χ4n) is 0.684. The van der Waals surface area contributed by atoms with Crippen molar-refractivity contribution in [3.63, 3.8) is 0 Å². The van der Waals surface area contributed by atoms with Crippen LogP contribution in [0.2, 0.25) is 0 Å². The molecule has 0 saturated heterocycles. The predicted molar refractivity (Wildman–Crippen MR) is 45.0 cm³/mol. The van der Waals surface area contributed by atoms with Crippen LogP contribution >= 0.6 is 0 Å². The molecule has 1 aromatic rings. The molecule has 0 bridgehead atoms. The molecule has 0 saturated carbocycles. The van der Waals surface area contributed by atoms with E-state index in [4.69, 9.17) is 0 Å². The predicted octanol–water partition coefficient (Wildman–Crippen LogP) is 1.91. The molecule has 1 rings (SSSR count). The molecule has 0 aliphatic carbocycles. The Kier molecular flexibility index (Phi) is 2.67. The van der Waals surface area contributed by atoms with E-state index in [1.165, 1.54) is 0 Å². The molecule has 1 nitrogen and oxygen atoms in total. The SMILES string of the molecule is CC([Se])=Nc1ccccc1. The molecular weight excluding hydrogens is 189 g/mol. The van der Waals surface area contributed by atoms with E-state index in [9.17, 15) is 0 Å². The summed E-state index contributed by atoms with van der Waals surface area (Å²) in [6.45, 7) is 1.94. The van der Waals surface area contributed by atoms with Gasteiger partial charge in [0.15, 0.2) is 0 Å². The van der Waals surface area contributed by atoms with Gasteiger partial charge >= 0.3 is 68.6 Å². The van der Waals surface area contributed by atoms with Gasteiger partial charge < -0.3 is 0 Å². The first kappa shape index (κ1) is 7.52. The molecule has 0 aliphatic rings. The summed E-state index contributed by atoms with van der Waals surface area (Å²) in [5.41, 5.74) is 0.999. The minimum atomic E-state index is 0.964. The zero-order valence-corrected chi connectivity index (χ0v) is 7.46. The first-order chi connectivity index (χ1) is 4.79. The van der Waals surface area contributed by atoms with E-state index in [0.717, 1.165) is 10.3 Å². The average molecular weight is 197 g/mol. The van der Waals surface area contributed by atoms with Crippen LogP contribution in [0.25, 0.3) is 0 Å². The number of nitrogens with zero attached hydrogens (tertiary/aromatic N) is 1. The molecule has 0 aliphatic heterocycles. The molecule has 1 aromatic carbocycles. The van der Waals surface area contributed by atoms with Crippen molar-refractivity contribution in [3.8, 4) is 0 Å². The summed E-state index contributed by atoms with van der Waals surface area (Å²) in [5.74, 6) is 0. The van der Waals surface area contributed by atoms with Gasteiger partial charge in [-0.05, 0) is 0 Å². The summed E-state index contributed by atoms with van der Waals surface area (Å²) < 4.78 is 0.964. The molecule has 0 amide bonds. The summed E-state index contributed by atoms with van der Waals surface area (Å²) in [6, 6.07) is 9.87. The quantitative estimate of drug-likeness (QED) is 0.481. The van der Waals surface area contributed by atoms with Crippen LogP contribution in [0.4, 0.5) is 5.69 Å². The number of aliphatic imine (C=N–C) groups is 1. The Labute approximate surface area is 69.0 Å². The van der Waals surface area contributed by atoms with Gasteiger partial charge in [0.25, 0.3) is 0 Å². The molecule has 1 radical (unpaired) electrons. The monoisotopic (exact) mass is 198 g/mol. The first-order valence-electron chi connectivity index (χ1n) is 3.06. The Hall–Kier alpha value is -0.591. The molecule has 0 atom stereocenters. The van der Waals surface area contributed by atoms with Gasteiger partial charge in [-0.1, -0.05) is 0 Å². The molecule has 2 heteroatoms. The topological polar surface area (TPSA) is 12.4 Å². The van der Waals surface area contributed by atoms with Crippen LogP contribution in [-0.4, -0.2) is 20.6 Å². The number of benzene rings is 1. The van der Waals surface area contributed by atoms with Crippen molar-refractivity contribution in [1.82, 2.24) is 0 Å². The van der Waals surface area contributed by atoms with Gasteiger partial charge in [-0.15, -0.1) is 0 Å². The number of hydrogen-bond donors (Lipinski definition) is 0. The van der Waals surface area contributed by atoms with E-state index in [2.05, 4.69) is 21.0 Å². The maximum absolute atomic E-state index is 4.22. The minimum absolute atomic E-state index is 0.964. The second-order valence-corrected chi connectivity index (χ2v) is 3.21. The summed E-state index contributed by atoms with van der Waals surface area (Å²) in [5, 5.41) is 0. The molecule has 0 fully saturated rings. The average Bonchev–Trinajstić information content (AvgIpc) is 1.88. The molecule has 0 spiro atoms. The van der Waals surface area contributed by atoms with E-state index in [-0.39, 0.29) is 0 Å². The fraction of sp³-hybridized carbons (Fsp3) is 0.125. The third-order valence-corrected chi connectivity index (χ3v) is 1.23. The van der Waals surface area contributed by atoms with E-state index >= 15 is 0 Å². The Bertz CT molecular complexity index is 224. The van der Waals surface area contributed by atoms with Crippen LogP contribution in [0, 0.1) is 0 Å². The molecule has 10 heavy (non-hydrogen) atoms. The third-order valence-electron chi connectivity index (χ3n) is 1.04. The van der Waals surface area contributed by atoms with Crippen molar-refractivity contribution in [1.29, 1.82) is 0 Å². The maximum atomic E-state index is 4.22. The number of para-hydroxylation sites is 1. The Balaban J connectivity index is 2.87. The van der Waals surface area contributed by atoms with Gasteiger partial charge in [0, 0.05) is 0 Å². The standard InChI is InChI=1S/C8H8NSe/c1-7(10)9-8-5-3-2-4-6-8/h2-6H,1H3. The zero-order chi connectivity index (χ0) is 7.40. The summed E-state index contributed by atoms with van der Waals surface area (Å²) in [7, 11) is 0. The second-order valence-electron chi connectivity index (χ2n) is 1.97. The van der Waals surface area contributed by atoms with Crippen LogP contribution < -0.4 is 0 Å². The van der Waals surface area contributed by atoms with Gasteiger partial charge in [0.1, 0.15) is 0 Å². The number of rotatable bonds is 1. The van der Waals surface area contributed by atoms with E-state index in [0.29, 0.717) is 0 Å². The van der Waals surface area contributed by atoms with Crippen molar-refractivity contribution in [3.05, 3.63) is 30.3 Å². The Morgan fingerprint density at radius 3 is 2.40 bits per heavy atom. The van der Waals surface area contributed by atoms with Gasteiger partial charge in [-0.3, -0.25) is 0 Å². The van der Waals surface area contributed by atoms with Crippen LogP contribution in [0.1, 0.15) is 6.92 Å². The molecule has 0 heterocycles. The molecule has 0 unspecified atom stereocenters. The molecule has 51 valence electrons. The van der Waals surface area contributed by atoms with Crippen molar-refractivity contribution < 1.29 is 0 Å². The van der Waals surface area contributed by atoms with Crippen LogP contribution in [-0.2, 0) is 0 Å². The summed E-state index contributed by atoms with van der Waals surface area (Å²) in [4.78, 5) is 4.22. The second kappa shape index (κ2) is 3.55. The van der Waals surface area contributed by atoms with E-state index in [1.807, 2.05) is 37.3 Å². The third kappa shape index (κ3) is 2.34. The van der Waals surface area contributed by atoms with Crippen molar-refractivity contribution in [2.75, 3.05) is 0 Å². The fourth-order valence-corrected chi connectivity index (χ4v) is 0.905. The van der Waals surface area contributed by atoms with E-state index in [1.54, 1.807) is 0 Å². The molecular formula is C8H8NSe. The Morgan fingerprint density at radius 2 is 1.90 bits per heavy atom. The van der Waals surface area contributed by atoms with Gasteiger partial charge in [-0.25, -0.2) is 0 Å². The summed E-state index contributed by atoms with van der Waals surface area (Å²) in [6.07, 6.45) is 0. The zero-order valence-electron chi connectivity index (χ0n) is 5.74. The van der Waals surface area contributed by atoms with Gasteiger partial charge in [0.05, 0.1) is 0 Å². The normalized spacial score (nSPS) is 11.5. The molecule has 0 N–H and O–H groups in total. The van der Waals surface area contributed by atoms with Crippen LogP contribution in [0.15, 0.2) is 35.3 Å². The number of hydrogen-bond acceptors (Lipinski definition) is 1. The van der Waals surface area contributed by atoms with E-state index < -0.39 is 0 Å². The van der Waals surface area contributed by atoms with Crippen molar-refractivity contribution >= 4 is 26.3 Å². The van der Waals surface area contributed by atoms with Gasteiger partial charge in [-0.2, -0.15) is 0 Å². The Morgan fingerprint density at radius 1 is 1.30 bits per heavy atom. The molecule has 0 aromatic heterocycles. The van der Waals surface area contributed by atoms with Crippen LogP contribution in [0.5, 0.6) is 0 Å². The summed E-state index contributed by atoms with van der Waals surface area (Å²) >= 11 is 2.84. The van der Waals surface area contributed by atoms with Crippen LogP contribution in [0.3, 0.4) is 0 Å². The first-order valence-corrected chi connectivity index (χ1v) is 3.92. The van der Waals surface area contributed by atoms with Crippen molar-refractivity contribution in [2.45, 2.75) is 6.92 Å².